The Morgan fingerprint density at radius 1 is 1.37 bits per heavy atom. The van der Waals surface area contributed by atoms with E-state index in [-0.39, 0.29) is 17.2 Å². The molecule has 4 N–H and O–H groups in total. The molecule has 0 saturated heterocycles. The van der Waals surface area contributed by atoms with Crippen molar-refractivity contribution in [3.8, 4) is 0 Å². The lowest BCUT2D eigenvalue weighted by Gasteiger charge is -2.15. The molecule has 0 aliphatic heterocycles. The summed E-state index contributed by atoms with van der Waals surface area (Å²) in [6.45, 7) is 0.304. The van der Waals surface area contributed by atoms with Crippen LogP contribution in [0.5, 0.6) is 0 Å². The number of nitrogens with one attached hydrogen (secondary N) is 1. The van der Waals surface area contributed by atoms with Crippen LogP contribution in [0.25, 0.3) is 0 Å². The van der Waals surface area contributed by atoms with Gasteiger partial charge in [-0.1, -0.05) is 6.42 Å². The highest BCUT2D eigenvalue weighted by Gasteiger charge is 2.25. The minimum absolute atomic E-state index is 0.00969. The minimum Gasteiger partial charge on any atom is -0.398 e. The predicted molar refractivity (Wildman–Crippen MR) is 66.5 cm³/mol. The van der Waals surface area contributed by atoms with Gasteiger partial charge in [0.25, 0.3) is 5.91 Å². The van der Waals surface area contributed by atoms with Gasteiger partial charge in [0.2, 0.25) is 0 Å². The molecular formula is C13H16F2N2O2. The van der Waals surface area contributed by atoms with Crippen LogP contribution >= 0.6 is 0 Å². The van der Waals surface area contributed by atoms with Gasteiger partial charge in [0.15, 0.2) is 11.6 Å². The number of nitrogens with two attached hydrogens (primary N) is 1. The molecule has 2 unspecified atom stereocenters. The number of halogens is 2. The zero-order valence-electron chi connectivity index (χ0n) is 10.3. The number of rotatable bonds is 3. The molecule has 104 valence electrons. The molecule has 0 aromatic heterocycles. The Balaban J connectivity index is 2.02. The van der Waals surface area contributed by atoms with Crippen molar-refractivity contribution < 1.29 is 18.7 Å². The fourth-order valence-electron chi connectivity index (χ4n) is 2.33. The molecule has 2 atom stereocenters. The largest absolute Gasteiger partial charge is 0.398 e. The number of hydrogen-bond acceptors (Lipinski definition) is 3. The molecule has 0 radical (unpaired) electrons. The van der Waals surface area contributed by atoms with Crippen LogP contribution in [0, 0.1) is 17.6 Å². The summed E-state index contributed by atoms with van der Waals surface area (Å²) in [6.07, 6.45) is 2.08. The maximum absolute atomic E-state index is 13.1. The van der Waals surface area contributed by atoms with Gasteiger partial charge in [-0.3, -0.25) is 4.79 Å². The molecule has 1 saturated carbocycles. The molecule has 0 heterocycles. The molecule has 1 aliphatic rings. The fourth-order valence-corrected chi connectivity index (χ4v) is 2.33. The van der Waals surface area contributed by atoms with Gasteiger partial charge in [0.05, 0.1) is 11.7 Å². The first-order valence-corrected chi connectivity index (χ1v) is 6.20. The van der Waals surface area contributed by atoms with E-state index >= 15 is 0 Å². The molecule has 6 heteroatoms. The number of carbonyl (C=O) groups excluding carboxylic acids is 1. The van der Waals surface area contributed by atoms with Gasteiger partial charge in [-0.05, 0) is 18.9 Å². The van der Waals surface area contributed by atoms with Crippen molar-refractivity contribution in [2.24, 2.45) is 5.92 Å². The summed E-state index contributed by atoms with van der Waals surface area (Å²) in [4.78, 5) is 11.8. The lowest BCUT2D eigenvalue weighted by atomic mass is 10.1. The SMILES string of the molecule is Nc1cc(F)c(F)cc1C(=O)NCC1CCCC1O. The van der Waals surface area contributed by atoms with E-state index in [1.165, 1.54) is 0 Å². The summed E-state index contributed by atoms with van der Waals surface area (Å²) >= 11 is 0. The normalized spacial score (nSPS) is 22.5. The first kappa shape index (κ1) is 13.7. The third-order valence-electron chi connectivity index (χ3n) is 3.48. The Kier molecular flexibility index (Phi) is 3.99. The lowest BCUT2D eigenvalue weighted by molar-refractivity contribution is 0.0917. The van der Waals surface area contributed by atoms with Crippen LogP contribution in [-0.4, -0.2) is 23.7 Å². The van der Waals surface area contributed by atoms with Crippen molar-refractivity contribution in [1.82, 2.24) is 5.32 Å². The number of amides is 1. The summed E-state index contributed by atoms with van der Waals surface area (Å²) in [6, 6.07) is 1.57. The van der Waals surface area contributed by atoms with E-state index < -0.39 is 23.6 Å². The van der Waals surface area contributed by atoms with Gasteiger partial charge in [-0.15, -0.1) is 0 Å². The monoisotopic (exact) mass is 270 g/mol. The number of benzene rings is 1. The van der Waals surface area contributed by atoms with Gasteiger partial charge < -0.3 is 16.2 Å². The van der Waals surface area contributed by atoms with E-state index in [9.17, 15) is 18.7 Å². The number of carbonyl (C=O) groups is 1. The van der Waals surface area contributed by atoms with Crippen molar-refractivity contribution >= 4 is 11.6 Å². The van der Waals surface area contributed by atoms with Crippen LogP contribution in [0.15, 0.2) is 12.1 Å². The molecule has 1 aromatic rings. The second-order valence-electron chi connectivity index (χ2n) is 4.82. The second kappa shape index (κ2) is 5.52. The Morgan fingerprint density at radius 2 is 2.05 bits per heavy atom. The number of nitrogen functional groups attached to an aromatic ring is 1. The summed E-state index contributed by atoms with van der Waals surface area (Å²) in [7, 11) is 0. The summed E-state index contributed by atoms with van der Waals surface area (Å²) in [5, 5.41) is 12.2. The molecule has 19 heavy (non-hydrogen) atoms. The molecule has 4 nitrogen and oxygen atoms in total. The van der Waals surface area contributed by atoms with Crippen molar-refractivity contribution in [2.75, 3.05) is 12.3 Å². The molecule has 0 bridgehead atoms. The Hall–Kier alpha value is -1.69. The molecule has 1 fully saturated rings. The molecule has 1 aliphatic carbocycles. The number of aliphatic hydroxyl groups excluding tert-OH is 1. The highest BCUT2D eigenvalue weighted by molar-refractivity contribution is 5.99. The van der Waals surface area contributed by atoms with E-state index in [1.807, 2.05) is 0 Å². The third-order valence-corrected chi connectivity index (χ3v) is 3.48. The average Bonchev–Trinajstić information content (AvgIpc) is 2.76. The van der Waals surface area contributed by atoms with Crippen molar-refractivity contribution in [1.29, 1.82) is 0 Å². The van der Waals surface area contributed by atoms with Gasteiger partial charge in [0, 0.05) is 24.2 Å². The van der Waals surface area contributed by atoms with E-state index in [4.69, 9.17) is 5.73 Å². The van der Waals surface area contributed by atoms with Crippen LogP contribution in [0.1, 0.15) is 29.6 Å². The fraction of sp³-hybridized carbons (Fsp3) is 0.462. The quantitative estimate of drug-likeness (QED) is 0.727. The van der Waals surface area contributed by atoms with Crippen molar-refractivity contribution in [2.45, 2.75) is 25.4 Å². The molecule has 1 amide bonds. The van der Waals surface area contributed by atoms with Gasteiger partial charge in [-0.25, -0.2) is 8.78 Å². The number of hydrogen-bond donors (Lipinski definition) is 3. The first-order valence-electron chi connectivity index (χ1n) is 6.20. The Morgan fingerprint density at radius 3 is 2.68 bits per heavy atom. The molecule has 0 spiro atoms. The van der Waals surface area contributed by atoms with Gasteiger partial charge in [-0.2, -0.15) is 0 Å². The third kappa shape index (κ3) is 3.01. The van der Waals surface area contributed by atoms with Crippen LogP contribution in [0.2, 0.25) is 0 Å². The maximum Gasteiger partial charge on any atom is 0.253 e. The highest BCUT2D eigenvalue weighted by Crippen LogP contribution is 2.25. The first-order chi connectivity index (χ1) is 8.99. The van der Waals surface area contributed by atoms with Crippen LogP contribution in [0.3, 0.4) is 0 Å². The maximum atomic E-state index is 13.1. The number of aliphatic hydroxyl groups is 1. The van der Waals surface area contributed by atoms with Crippen molar-refractivity contribution in [3.05, 3.63) is 29.3 Å². The van der Waals surface area contributed by atoms with E-state index in [2.05, 4.69) is 5.32 Å². The zero-order valence-corrected chi connectivity index (χ0v) is 10.3. The predicted octanol–water partition coefficient (Wildman–Crippen LogP) is 1.44. The van der Waals surface area contributed by atoms with E-state index in [0.29, 0.717) is 6.54 Å². The topological polar surface area (TPSA) is 75.4 Å². The molecule has 2 rings (SSSR count). The Bertz CT molecular complexity index is 494. The summed E-state index contributed by atoms with van der Waals surface area (Å²) in [5.74, 6) is -2.74. The standard InChI is InChI=1S/C13H16F2N2O2/c14-9-4-8(11(16)5-10(9)15)13(19)17-6-7-2-1-3-12(7)18/h4-5,7,12,18H,1-3,6,16H2,(H,17,19). The molecule has 1 aromatic carbocycles. The summed E-state index contributed by atoms with van der Waals surface area (Å²) in [5.41, 5.74) is 5.29. The van der Waals surface area contributed by atoms with Crippen LogP contribution in [0.4, 0.5) is 14.5 Å². The van der Waals surface area contributed by atoms with E-state index in [0.717, 1.165) is 31.4 Å². The lowest BCUT2D eigenvalue weighted by Crippen LogP contribution is -2.32. The molecular weight excluding hydrogens is 254 g/mol. The highest BCUT2D eigenvalue weighted by atomic mass is 19.2. The van der Waals surface area contributed by atoms with Crippen LogP contribution in [-0.2, 0) is 0 Å². The smallest absolute Gasteiger partial charge is 0.253 e. The average molecular weight is 270 g/mol. The van der Waals surface area contributed by atoms with Crippen molar-refractivity contribution in [3.63, 3.8) is 0 Å². The van der Waals surface area contributed by atoms with Gasteiger partial charge in [0.1, 0.15) is 0 Å². The zero-order chi connectivity index (χ0) is 14.0. The summed E-state index contributed by atoms with van der Waals surface area (Å²) < 4.78 is 26.0. The number of anilines is 1. The minimum atomic E-state index is -1.11. The Labute approximate surface area is 109 Å². The van der Waals surface area contributed by atoms with Gasteiger partial charge >= 0.3 is 0 Å². The van der Waals surface area contributed by atoms with Crippen LogP contribution < -0.4 is 11.1 Å². The van der Waals surface area contributed by atoms with E-state index in [1.54, 1.807) is 0 Å². The second-order valence-corrected chi connectivity index (χ2v) is 4.82.